The van der Waals surface area contributed by atoms with Crippen LogP contribution in [0.1, 0.15) is 17.8 Å². The molecule has 1 aromatic heterocycles. The highest BCUT2D eigenvalue weighted by atomic mass is 35.5. The molecule has 0 unspecified atom stereocenters. The maximum Gasteiger partial charge on any atom is 0.229 e. The molecule has 31 heavy (non-hydrogen) atoms. The number of carbonyl (C=O) groups is 2. The zero-order valence-corrected chi connectivity index (χ0v) is 18.4. The predicted molar refractivity (Wildman–Crippen MR) is 122 cm³/mol. The highest BCUT2D eigenvalue weighted by Gasteiger charge is 2.35. The fourth-order valence-corrected chi connectivity index (χ4v) is 4.17. The molecule has 1 aliphatic rings. The van der Waals surface area contributed by atoms with Gasteiger partial charge >= 0.3 is 0 Å². The van der Waals surface area contributed by atoms with Crippen LogP contribution in [0.3, 0.4) is 0 Å². The first-order valence-corrected chi connectivity index (χ1v) is 10.5. The Morgan fingerprint density at radius 2 is 1.84 bits per heavy atom. The minimum Gasteiger partial charge on any atom is -0.497 e. The van der Waals surface area contributed by atoms with Crippen molar-refractivity contribution in [3.05, 3.63) is 71.0 Å². The summed E-state index contributed by atoms with van der Waals surface area (Å²) in [6.45, 7) is 4.34. The summed E-state index contributed by atoms with van der Waals surface area (Å²) in [7, 11) is 1.61. The third-order valence-corrected chi connectivity index (χ3v) is 5.83. The Bertz CT molecular complexity index is 1140. The number of halogens is 1. The van der Waals surface area contributed by atoms with Gasteiger partial charge in [-0.2, -0.15) is 0 Å². The van der Waals surface area contributed by atoms with Gasteiger partial charge in [0.25, 0.3) is 0 Å². The molecule has 0 radical (unpaired) electrons. The lowest BCUT2D eigenvalue weighted by atomic mass is 10.1. The molecule has 160 valence electrons. The number of methoxy groups -OCH3 is 1. The van der Waals surface area contributed by atoms with Crippen molar-refractivity contribution in [1.29, 1.82) is 0 Å². The van der Waals surface area contributed by atoms with Crippen molar-refractivity contribution < 1.29 is 14.3 Å². The third-order valence-electron chi connectivity index (χ3n) is 5.59. The van der Waals surface area contributed by atoms with Crippen LogP contribution in [0.5, 0.6) is 5.75 Å². The number of ether oxygens (including phenoxy) is 1. The third kappa shape index (κ3) is 4.16. The minimum absolute atomic E-state index is 0.0885. The summed E-state index contributed by atoms with van der Waals surface area (Å²) in [4.78, 5) is 27.3. The normalized spacial score (nSPS) is 15.9. The van der Waals surface area contributed by atoms with E-state index >= 15 is 0 Å². The summed E-state index contributed by atoms with van der Waals surface area (Å²) in [5, 5.41) is 3.58. The topological polar surface area (TPSA) is 63.6 Å². The predicted octanol–water partition coefficient (Wildman–Crippen LogP) is 4.75. The second-order valence-electron chi connectivity index (χ2n) is 7.71. The van der Waals surface area contributed by atoms with Gasteiger partial charge in [-0.1, -0.05) is 17.7 Å². The van der Waals surface area contributed by atoms with Crippen molar-refractivity contribution in [3.63, 3.8) is 0 Å². The summed E-state index contributed by atoms with van der Waals surface area (Å²) in [6, 6.07) is 16.7. The summed E-state index contributed by atoms with van der Waals surface area (Å²) < 4.78 is 7.46. The van der Waals surface area contributed by atoms with E-state index in [9.17, 15) is 9.59 Å². The van der Waals surface area contributed by atoms with Gasteiger partial charge in [-0.15, -0.1) is 0 Å². The lowest BCUT2D eigenvalue weighted by Gasteiger charge is -2.19. The van der Waals surface area contributed by atoms with Gasteiger partial charge in [0, 0.05) is 41.1 Å². The highest BCUT2D eigenvalue weighted by molar-refractivity contribution is 6.31. The summed E-state index contributed by atoms with van der Waals surface area (Å²) in [6.07, 6.45) is 0.158. The molecular formula is C24H24ClN3O3. The molecule has 0 saturated carbocycles. The number of hydrogen-bond donors (Lipinski definition) is 1. The molecule has 0 spiro atoms. The van der Waals surface area contributed by atoms with E-state index in [1.54, 1.807) is 30.2 Å². The summed E-state index contributed by atoms with van der Waals surface area (Å²) in [5.41, 5.74) is 4.29. The van der Waals surface area contributed by atoms with E-state index in [4.69, 9.17) is 16.3 Å². The van der Waals surface area contributed by atoms with Gasteiger partial charge in [-0.25, -0.2) is 0 Å². The highest BCUT2D eigenvalue weighted by Crippen LogP contribution is 2.31. The van der Waals surface area contributed by atoms with Crippen molar-refractivity contribution >= 4 is 34.8 Å². The molecule has 7 heteroatoms. The van der Waals surface area contributed by atoms with E-state index in [0.29, 0.717) is 28.7 Å². The van der Waals surface area contributed by atoms with Crippen molar-refractivity contribution in [1.82, 2.24) is 4.57 Å². The van der Waals surface area contributed by atoms with Crippen LogP contribution in [0.2, 0.25) is 5.02 Å². The Morgan fingerprint density at radius 3 is 2.52 bits per heavy atom. The maximum absolute atomic E-state index is 13.1. The van der Waals surface area contributed by atoms with Crippen molar-refractivity contribution in [2.24, 2.45) is 5.92 Å². The average Bonchev–Trinajstić information content (AvgIpc) is 3.30. The van der Waals surface area contributed by atoms with Crippen LogP contribution in [0, 0.1) is 19.8 Å². The standard InChI is InChI=1S/C24H24ClN3O3/c1-15-7-8-16(2)28(15)22-13-20(31-3)9-10-21(22)26-24(30)17-11-23(29)27(14-17)19-6-4-5-18(25)12-19/h4-10,12-13,17H,11,14H2,1-3H3,(H,26,30)/t17-/m0/s1. The monoisotopic (exact) mass is 437 g/mol. The molecule has 4 rings (SSSR count). The molecule has 0 aliphatic carbocycles. The molecule has 1 N–H and O–H groups in total. The molecule has 2 aromatic carbocycles. The molecule has 1 atom stereocenters. The Labute approximate surface area is 186 Å². The number of aryl methyl sites for hydroxylation is 2. The van der Waals surface area contributed by atoms with E-state index in [2.05, 4.69) is 9.88 Å². The second kappa shape index (κ2) is 8.47. The molecule has 1 aliphatic heterocycles. The zero-order chi connectivity index (χ0) is 22.1. The Hall–Kier alpha value is -3.25. The van der Waals surface area contributed by atoms with E-state index in [0.717, 1.165) is 17.1 Å². The Morgan fingerprint density at radius 1 is 1.10 bits per heavy atom. The van der Waals surface area contributed by atoms with E-state index < -0.39 is 5.92 Å². The molecular weight excluding hydrogens is 414 g/mol. The first-order valence-electron chi connectivity index (χ1n) is 10.1. The smallest absolute Gasteiger partial charge is 0.229 e. The van der Waals surface area contributed by atoms with Crippen molar-refractivity contribution in [3.8, 4) is 11.4 Å². The van der Waals surface area contributed by atoms with Crippen LogP contribution in [0.15, 0.2) is 54.6 Å². The molecule has 2 amide bonds. The molecule has 2 heterocycles. The minimum atomic E-state index is -0.451. The first kappa shape index (κ1) is 21.0. The number of nitrogens with one attached hydrogen (secondary N) is 1. The quantitative estimate of drug-likeness (QED) is 0.626. The van der Waals surface area contributed by atoms with Gasteiger partial charge in [0.1, 0.15) is 5.75 Å². The molecule has 0 bridgehead atoms. The van der Waals surface area contributed by atoms with E-state index in [1.165, 1.54) is 0 Å². The van der Waals surface area contributed by atoms with Crippen LogP contribution in [0.25, 0.3) is 5.69 Å². The van der Waals surface area contributed by atoms with Gasteiger partial charge in [-0.3, -0.25) is 9.59 Å². The fourth-order valence-electron chi connectivity index (χ4n) is 3.99. The lowest BCUT2D eigenvalue weighted by Crippen LogP contribution is -2.28. The largest absolute Gasteiger partial charge is 0.497 e. The molecule has 3 aromatic rings. The Balaban J connectivity index is 1.59. The number of rotatable bonds is 5. The number of carbonyl (C=O) groups excluding carboxylic acids is 2. The summed E-state index contributed by atoms with van der Waals surface area (Å²) >= 11 is 6.06. The molecule has 6 nitrogen and oxygen atoms in total. The molecule has 1 fully saturated rings. The second-order valence-corrected chi connectivity index (χ2v) is 8.15. The fraction of sp³-hybridized carbons (Fsp3) is 0.250. The lowest BCUT2D eigenvalue weighted by molar-refractivity contribution is -0.122. The average molecular weight is 438 g/mol. The number of hydrogen-bond acceptors (Lipinski definition) is 3. The Kier molecular flexibility index (Phi) is 5.74. The van der Waals surface area contributed by atoms with Gasteiger partial charge in [-0.05, 0) is 56.3 Å². The van der Waals surface area contributed by atoms with Crippen LogP contribution in [0.4, 0.5) is 11.4 Å². The van der Waals surface area contributed by atoms with Crippen molar-refractivity contribution in [2.45, 2.75) is 20.3 Å². The van der Waals surface area contributed by atoms with Crippen LogP contribution < -0.4 is 15.0 Å². The van der Waals surface area contributed by atoms with Gasteiger partial charge in [0.05, 0.1) is 24.4 Å². The number of benzene rings is 2. The van der Waals surface area contributed by atoms with Gasteiger partial charge in [0.15, 0.2) is 0 Å². The summed E-state index contributed by atoms with van der Waals surface area (Å²) in [5.74, 6) is -0.0295. The van der Waals surface area contributed by atoms with Gasteiger partial charge < -0.3 is 19.5 Å². The van der Waals surface area contributed by atoms with Gasteiger partial charge in [0.2, 0.25) is 11.8 Å². The van der Waals surface area contributed by atoms with Crippen LogP contribution >= 0.6 is 11.6 Å². The number of aromatic nitrogens is 1. The van der Waals surface area contributed by atoms with Crippen LogP contribution in [-0.4, -0.2) is 30.0 Å². The number of anilines is 2. The number of nitrogens with zero attached hydrogens (tertiary/aromatic N) is 2. The van der Waals surface area contributed by atoms with E-state index in [-0.39, 0.29) is 18.2 Å². The van der Waals surface area contributed by atoms with Crippen LogP contribution in [-0.2, 0) is 9.59 Å². The molecule has 1 saturated heterocycles. The number of amides is 2. The van der Waals surface area contributed by atoms with Crippen molar-refractivity contribution in [2.75, 3.05) is 23.9 Å². The zero-order valence-electron chi connectivity index (χ0n) is 17.7. The first-order chi connectivity index (χ1) is 14.9. The van der Waals surface area contributed by atoms with E-state index in [1.807, 2.05) is 50.2 Å². The SMILES string of the molecule is COc1ccc(NC(=O)[C@H]2CC(=O)N(c3cccc(Cl)c3)C2)c(-n2c(C)ccc2C)c1. The maximum atomic E-state index is 13.1.